The van der Waals surface area contributed by atoms with E-state index in [0.29, 0.717) is 6.07 Å². The number of ether oxygens (including phenoxy) is 2. The minimum Gasteiger partial charge on any atom is -0.496 e. The van der Waals surface area contributed by atoms with Gasteiger partial charge in [0, 0.05) is 5.69 Å². The Morgan fingerprint density at radius 3 is 2.00 bits per heavy atom. The van der Waals surface area contributed by atoms with Crippen molar-refractivity contribution in [3.05, 3.63) is 48.0 Å². The molecule has 5 nitrogen and oxygen atoms in total. The summed E-state index contributed by atoms with van der Waals surface area (Å²) in [6.45, 7) is 0. The Bertz CT molecular complexity index is 907. The van der Waals surface area contributed by atoms with Crippen molar-refractivity contribution in [2.45, 2.75) is 17.4 Å². The van der Waals surface area contributed by atoms with Crippen molar-refractivity contribution in [2.75, 3.05) is 11.8 Å². The van der Waals surface area contributed by atoms with Crippen LogP contribution in [0.25, 0.3) is 0 Å². The fourth-order valence-electron chi connectivity index (χ4n) is 2.03. The molecule has 0 spiro atoms. The van der Waals surface area contributed by atoms with Crippen LogP contribution in [0.3, 0.4) is 0 Å². The first-order chi connectivity index (χ1) is 12.3. The van der Waals surface area contributed by atoms with E-state index in [1.165, 1.54) is 0 Å². The van der Waals surface area contributed by atoms with Crippen LogP contribution >= 0.6 is 0 Å². The normalized spacial score (nSPS) is 12.6. The van der Waals surface area contributed by atoms with E-state index in [1.807, 2.05) is 4.72 Å². The summed E-state index contributed by atoms with van der Waals surface area (Å²) in [6, 6.07) is 5.68. The lowest BCUT2D eigenvalue weighted by Gasteiger charge is -2.15. The number of benzene rings is 2. The van der Waals surface area contributed by atoms with Crippen LogP contribution in [-0.2, 0) is 16.2 Å². The third-order valence-corrected chi connectivity index (χ3v) is 4.52. The fraction of sp³-hybridized carbons (Fsp3) is 0.200. The van der Waals surface area contributed by atoms with E-state index in [-0.39, 0.29) is 0 Å². The molecule has 0 atom stereocenters. The Hall–Kier alpha value is -2.63. The van der Waals surface area contributed by atoms with E-state index in [4.69, 9.17) is 0 Å². The first-order valence-corrected chi connectivity index (χ1v) is 8.44. The predicted molar refractivity (Wildman–Crippen MR) is 81.9 cm³/mol. The summed E-state index contributed by atoms with van der Waals surface area (Å²) < 4.78 is 110. The maximum absolute atomic E-state index is 13.0. The zero-order valence-electron chi connectivity index (χ0n) is 13.4. The number of rotatable bonds is 5. The van der Waals surface area contributed by atoms with Crippen molar-refractivity contribution in [3.8, 4) is 11.5 Å². The van der Waals surface area contributed by atoms with E-state index < -0.39 is 50.2 Å². The number of sulfonamides is 1. The zero-order chi connectivity index (χ0) is 20.5. The van der Waals surface area contributed by atoms with Gasteiger partial charge in [-0.2, -0.15) is 13.2 Å². The standard InChI is InChI=1S/C15H11F6NO4S/c1-25-13-7-2-9(8-12(13)14(16,17)18)22-27(23,24)11-5-3-10(4-6-11)26-15(19,20)21/h2-8,22H,1H3. The third-order valence-electron chi connectivity index (χ3n) is 3.12. The van der Waals surface area contributed by atoms with Crippen LogP contribution in [0.1, 0.15) is 5.56 Å². The first-order valence-electron chi connectivity index (χ1n) is 6.96. The fourth-order valence-corrected chi connectivity index (χ4v) is 3.08. The molecule has 148 valence electrons. The molecule has 12 heteroatoms. The maximum atomic E-state index is 13.0. The molecule has 0 saturated heterocycles. The van der Waals surface area contributed by atoms with Gasteiger partial charge in [-0.3, -0.25) is 4.72 Å². The van der Waals surface area contributed by atoms with Crippen LogP contribution in [0.15, 0.2) is 47.4 Å². The van der Waals surface area contributed by atoms with E-state index in [0.717, 1.165) is 43.5 Å². The zero-order valence-corrected chi connectivity index (χ0v) is 14.2. The van der Waals surface area contributed by atoms with Gasteiger partial charge in [0.2, 0.25) is 0 Å². The highest BCUT2D eigenvalue weighted by Crippen LogP contribution is 2.38. The molecule has 2 rings (SSSR count). The molecule has 0 unspecified atom stereocenters. The van der Waals surface area contributed by atoms with Gasteiger partial charge in [-0.15, -0.1) is 13.2 Å². The SMILES string of the molecule is COc1ccc(NS(=O)(=O)c2ccc(OC(F)(F)F)cc2)cc1C(F)(F)F. The lowest BCUT2D eigenvalue weighted by atomic mass is 10.1. The van der Waals surface area contributed by atoms with Gasteiger partial charge < -0.3 is 9.47 Å². The van der Waals surface area contributed by atoms with Gasteiger partial charge in [0.1, 0.15) is 11.5 Å². The molecule has 0 bridgehead atoms. The van der Waals surface area contributed by atoms with Crippen molar-refractivity contribution in [2.24, 2.45) is 0 Å². The molecule has 0 fully saturated rings. The highest BCUT2D eigenvalue weighted by Gasteiger charge is 2.35. The minimum atomic E-state index is -4.95. The lowest BCUT2D eigenvalue weighted by molar-refractivity contribution is -0.274. The molecule has 0 amide bonds. The van der Waals surface area contributed by atoms with Gasteiger partial charge in [0.15, 0.2) is 0 Å². The molecule has 0 radical (unpaired) electrons. The van der Waals surface area contributed by atoms with Gasteiger partial charge in [-0.25, -0.2) is 8.42 Å². The monoisotopic (exact) mass is 415 g/mol. The van der Waals surface area contributed by atoms with Gasteiger partial charge in [0.25, 0.3) is 10.0 Å². The number of methoxy groups -OCH3 is 1. The van der Waals surface area contributed by atoms with Crippen LogP contribution in [-0.4, -0.2) is 21.9 Å². The van der Waals surface area contributed by atoms with Crippen LogP contribution in [0, 0.1) is 0 Å². The first kappa shape index (κ1) is 20.7. The number of halogens is 6. The number of hydrogen-bond acceptors (Lipinski definition) is 4. The van der Waals surface area contributed by atoms with Crippen LogP contribution in [0.2, 0.25) is 0 Å². The summed E-state index contributed by atoms with van der Waals surface area (Å²) in [6.07, 6.45) is -9.74. The molecular formula is C15H11F6NO4S. The number of hydrogen-bond donors (Lipinski definition) is 1. The number of anilines is 1. The molecule has 0 aromatic heterocycles. The Labute approximate surface area is 149 Å². The van der Waals surface area contributed by atoms with Crippen LogP contribution < -0.4 is 14.2 Å². The van der Waals surface area contributed by atoms with E-state index in [9.17, 15) is 34.8 Å². The molecule has 27 heavy (non-hydrogen) atoms. The summed E-state index contributed by atoms with van der Waals surface area (Å²) in [5, 5.41) is 0. The lowest BCUT2D eigenvalue weighted by Crippen LogP contribution is -2.17. The van der Waals surface area contributed by atoms with Crippen LogP contribution in [0.4, 0.5) is 32.0 Å². The van der Waals surface area contributed by atoms with Crippen molar-refractivity contribution in [1.82, 2.24) is 0 Å². The average Bonchev–Trinajstić information content (AvgIpc) is 2.52. The highest BCUT2D eigenvalue weighted by molar-refractivity contribution is 7.92. The summed E-state index contributed by atoms with van der Waals surface area (Å²) in [5.41, 5.74) is -1.60. The van der Waals surface area contributed by atoms with E-state index in [1.54, 1.807) is 0 Å². The molecule has 2 aromatic rings. The van der Waals surface area contributed by atoms with Crippen molar-refractivity contribution >= 4 is 15.7 Å². The second-order valence-electron chi connectivity index (χ2n) is 5.04. The summed E-state index contributed by atoms with van der Waals surface area (Å²) in [7, 11) is -3.32. The summed E-state index contributed by atoms with van der Waals surface area (Å²) in [4.78, 5) is -0.471. The average molecular weight is 415 g/mol. The summed E-state index contributed by atoms with van der Waals surface area (Å²) in [5.74, 6) is -1.15. The van der Waals surface area contributed by atoms with E-state index >= 15 is 0 Å². The molecule has 1 N–H and O–H groups in total. The molecule has 0 aliphatic heterocycles. The topological polar surface area (TPSA) is 64.6 Å². The molecule has 2 aromatic carbocycles. The number of nitrogens with one attached hydrogen (secondary N) is 1. The van der Waals surface area contributed by atoms with Gasteiger partial charge in [0.05, 0.1) is 17.6 Å². The largest absolute Gasteiger partial charge is 0.573 e. The van der Waals surface area contributed by atoms with Crippen molar-refractivity contribution in [3.63, 3.8) is 0 Å². The second-order valence-corrected chi connectivity index (χ2v) is 6.72. The predicted octanol–water partition coefficient (Wildman–Crippen LogP) is 4.41. The summed E-state index contributed by atoms with van der Waals surface area (Å²) >= 11 is 0. The minimum absolute atomic E-state index is 0.404. The smallest absolute Gasteiger partial charge is 0.496 e. The van der Waals surface area contributed by atoms with Gasteiger partial charge >= 0.3 is 12.5 Å². The van der Waals surface area contributed by atoms with E-state index in [2.05, 4.69) is 9.47 Å². The Balaban J connectivity index is 2.28. The number of alkyl halides is 6. The van der Waals surface area contributed by atoms with Crippen molar-refractivity contribution in [1.29, 1.82) is 0 Å². The second kappa shape index (κ2) is 7.18. The molecule has 0 aliphatic carbocycles. The quantitative estimate of drug-likeness (QED) is 0.735. The van der Waals surface area contributed by atoms with Gasteiger partial charge in [-0.05, 0) is 42.5 Å². The van der Waals surface area contributed by atoms with Gasteiger partial charge in [-0.1, -0.05) is 0 Å². The molecule has 0 aliphatic rings. The molecule has 0 heterocycles. The maximum Gasteiger partial charge on any atom is 0.573 e. The Morgan fingerprint density at radius 1 is 0.926 bits per heavy atom. The Morgan fingerprint density at radius 2 is 1.52 bits per heavy atom. The molecule has 0 saturated carbocycles. The molecular weight excluding hydrogens is 404 g/mol. The third kappa shape index (κ3) is 5.42. The van der Waals surface area contributed by atoms with Crippen LogP contribution in [0.5, 0.6) is 11.5 Å². The van der Waals surface area contributed by atoms with Crippen molar-refractivity contribution < 1.29 is 44.2 Å². The highest BCUT2D eigenvalue weighted by atomic mass is 32.2. The Kier molecular flexibility index (Phi) is 5.50.